The molecule has 2 rings (SSSR count). The maximum Gasteiger partial charge on any atom is 0.240 e. The van der Waals surface area contributed by atoms with Crippen molar-refractivity contribution in [3.8, 4) is 5.75 Å². The van der Waals surface area contributed by atoms with E-state index in [2.05, 4.69) is 17.4 Å². The Morgan fingerprint density at radius 3 is 2.56 bits per heavy atom. The highest BCUT2D eigenvalue weighted by molar-refractivity contribution is 7.92. The summed E-state index contributed by atoms with van der Waals surface area (Å²) in [5.41, 5.74) is 2.82. The zero-order chi connectivity index (χ0) is 19.9. The SMILES string of the molecule is COc1cccc(N(CC(=O)NCCCc2cccc(C)c2)S(C)(=O)=O)c1. The van der Waals surface area contributed by atoms with Crippen LogP contribution in [0.5, 0.6) is 5.75 Å². The molecule has 0 heterocycles. The first-order valence-electron chi connectivity index (χ1n) is 8.73. The summed E-state index contributed by atoms with van der Waals surface area (Å²) in [4.78, 5) is 12.2. The molecule has 0 bridgehead atoms. The molecule has 2 aromatic rings. The molecule has 1 amide bonds. The minimum Gasteiger partial charge on any atom is -0.497 e. The molecule has 7 heteroatoms. The van der Waals surface area contributed by atoms with Gasteiger partial charge in [0, 0.05) is 12.6 Å². The predicted molar refractivity (Wildman–Crippen MR) is 108 cm³/mol. The molecular formula is C20H26N2O4S. The Hall–Kier alpha value is -2.54. The van der Waals surface area contributed by atoms with Crippen LogP contribution in [0, 0.1) is 6.92 Å². The topological polar surface area (TPSA) is 75.7 Å². The minimum absolute atomic E-state index is 0.267. The number of hydrogen-bond acceptors (Lipinski definition) is 4. The van der Waals surface area contributed by atoms with Gasteiger partial charge in [0.1, 0.15) is 12.3 Å². The smallest absolute Gasteiger partial charge is 0.240 e. The molecule has 0 aromatic heterocycles. The lowest BCUT2D eigenvalue weighted by atomic mass is 10.1. The van der Waals surface area contributed by atoms with Crippen molar-refractivity contribution in [1.29, 1.82) is 0 Å². The van der Waals surface area contributed by atoms with Crippen molar-refractivity contribution in [2.24, 2.45) is 0 Å². The zero-order valence-corrected chi connectivity index (χ0v) is 16.8. The Morgan fingerprint density at radius 2 is 1.89 bits per heavy atom. The lowest BCUT2D eigenvalue weighted by Crippen LogP contribution is -2.40. The number of amides is 1. The minimum atomic E-state index is -3.60. The first kappa shape index (κ1) is 20.8. The highest BCUT2D eigenvalue weighted by Crippen LogP contribution is 2.22. The third kappa shape index (κ3) is 6.60. The van der Waals surface area contributed by atoms with Crippen LogP contribution >= 0.6 is 0 Å². The molecule has 146 valence electrons. The number of benzene rings is 2. The number of anilines is 1. The summed E-state index contributed by atoms with van der Waals surface area (Å²) < 4.78 is 30.4. The van der Waals surface area contributed by atoms with Gasteiger partial charge in [-0.05, 0) is 37.5 Å². The van der Waals surface area contributed by atoms with Gasteiger partial charge in [0.05, 0.1) is 19.1 Å². The molecule has 0 radical (unpaired) electrons. The van der Waals surface area contributed by atoms with Crippen LogP contribution in [0.1, 0.15) is 17.5 Å². The third-order valence-corrected chi connectivity index (χ3v) is 5.22. The normalized spacial score (nSPS) is 11.1. The second kappa shape index (κ2) is 9.41. The maximum absolute atomic E-state index is 12.2. The van der Waals surface area contributed by atoms with Gasteiger partial charge in [0.25, 0.3) is 0 Å². The number of sulfonamides is 1. The molecule has 27 heavy (non-hydrogen) atoms. The molecule has 0 unspecified atom stereocenters. The van der Waals surface area contributed by atoms with Crippen molar-refractivity contribution in [3.63, 3.8) is 0 Å². The molecule has 0 saturated heterocycles. The molecule has 0 saturated carbocycles. The Labute approximate surface area is 161 Å². The van der Waals surface area contributed by atoms with Crippen LogP contribution in [0.4, 0.5) is 5.69 Å². The van der Waals surface area contributed by atoms with Gasteiger partial charge in [0.15, 0.2) is 0 Å². The fourth-order valence-electron chi connectivity index (χ4n) is 2.74. The van der Waals surface area contributed by atoms with Crippen molar-refractivity contribution in [1.82, 2.24) is 5.32 Å². The number of ether oxygens (including phenoxy) is 1. The molecule has 0 spiro atoms. The lowest BCUT2D eigenvalue weighted by Gasteiger charge is -2.22. The largest absolute Gasteiger partial charge is 0.497 e. The third-order valence-electron chi connectivity index (χ3n) is 4.08. The number of nitrogens with zero attached hydrogens (tertiary/aromatic N) is 1. The number of carbonyl (C=O) groups is 1. The first-order chi connectivity index (χ1) is 12.8. The predicted octanol–water partition coefficient (Wildman–Crippen LogP) is 2.52. The summed E-state index contributed by atoms with van der Waals surface area (Å²) in [6, 6.07) is 14.9. The molecule has 0 aliphatic carbocycles. The Kier molecular flexibility index (Phi) is 7.24. The van der Waals surface area contributed by atoms with E-state index >= 15 is 0 Å². The average Bonchev–Trinajstić information content (AvgIpc) is 2.62. The summed E-state index contributed by atoms with van der Waals surface area (Å²) >= 11 is 0. The van der Waals surface area contributed by atoms with Gasteiger partial charge in [-0.3, -0.25) is 9.10 Å². The van der Waals surface area contributed by atoms with Gasteiger partial charge in [-0.25, -0.2) is 8.42 Å². The summed E-state index contributed by atoms with van der Waals surface area (Å²) in [5, 5.41) is 2.79. The second-order valence-corrected chi connectivity index (χ2v) is 8.32. The van der Waals surface area contributed by atoms with Gasteiger partial charge in [-0.15, -0.1) is 0 Å². The van der Waals surface area contributed by atoms with E-state index in [9.17, 15) is 13.2 Å². The fraction of sp³-hybridized carbons (Fsp3) is 0.350. The molecule has 0 fully saturated rings. The maximum atomic E-state index is 12.2. The van der Waals surface area contributed by atoms with E-state index in [4.69, 9.17) is 4.74 Å². The van der Waals surface area contributed by atoms with Gasteiger partial charge >= 0.3 is 0 Å². The number of rotatable bonds is 9. The molecule has 0 aliphatic heterocycles. The molecular weight excluding hydrogens is 364 g/mol. The Morgan fingerprint density at radius 1 is 1.15 bits per heavy atom. The number of aryl methyl sites for hydroxylation is 2. The van der Waals surface area contributed by atoms with Crippen molar-refractivity contribution in [2.45, 2.75) is 19.8 Å². The molecule has 2 aromatic carbocycles. The number of methoxy groups -OCH3 is 1. The van der Waals surface area contributed by atoms with Gasteiger partial charge in [-0.1, -0.05) is 35.9 Å². The quantitative estimate of drug-likeness (QED) is 0.668. The summed E-state index contributed by atoms with van der Waals surface area (Å²) in [6.45, 7) is 2.27. The van der Waals surface area contributed by atoms with E-state index in [-0.39, 0.29) is 12.5 Å². The second-order valence-electron chi connectivity index (χ2n) is 6.41. The number of carbonyl (C=O) groups excluding carboxylic acids is 1. The van der Waals surface area contributed by atoms with Crippen molar-refractivity contribution < 1.29 is 17.9 Å². The summed E-state index contributed by atoms with van der Waals surface area (Å²) in [7, 11) is -2.09. The van der Waals surface area contributed by atoms with Gasteiger partial charge in [-0.2, -0.15) is 0 Å². The highest BCUT2D eigenvalue weighted by atomic mass is 32.2. The van der Waals surface area contributed by atoms with E-state index in [1.807, 2.05) is 19.1 Å². The van der Waals surface area contributed by atoms with E-state index in [0.717, 1.165) is 23.4 Å². The average molecular weight is 391 g/mol. The summed E-state index contributed by atoms with van der Waals surface area (Å²) in [6.07, 6.45) is 2.72. The number of nitrogens with one attached hydrogen (secondary N) is 1. The van der Waals surface area contributed by atoms with Crippen LogP contribution in [-0.4, -0.2) is 40.8 Å². The van der Waals surface area contributed by atoms with Crippen LogP contribution in [0.3, 0.4) is 0 Å². The molecule has 0 atom stereocenters. The van der Waals surface area contributed by atoms with Crippen LogP contribution in [-0.2, 0) is 21.2 Å². The first-order valence-corrected chi connectivity index (χ1v) is 10.6. The zero-order valence-electron chi connectivity index (χ0n) is 15.9. The van der Waals surface area contributed by atoms with E-state index in [1.165, 1.54) is 18.2 Å². The van der Waals surface area contributed by atoms with Crippen molar-refractivity contribution in [3.05, 3.63) is 59.7 Å². The molecule has 6 nitrogen and oxygen atoms in total. The monoisotopic (exact) mass is 390 g/mol. The standard InChI is InChI=1S/C20H26N2O4S/c1-16-7-4-8-17(13-16)9-6-12-21-20(23)15-22(27(3,24)25)18-10-5-11-19(14-18)26-2/h4-5,7-8,10-11,13-14H,6,9,12,15H2,1-3H3,(H,21,23). The Balaban J connectivity index is 1.92. The van der Waals surface area contributed by atoms with E-state index < -0.39 is 10.0 Å². The molecule has 0 aliphatic rings. The highest BCUT2D eigenvalue weighted by Gasteiger charge is 2.21. The molecule has 1 N–H and O–H groups in total. The van der Waals surface area contributed by atoms with Crippen LogP contribution in [0.15, 0.2) is 48.5 Å². The van der Waals surface area contributed by atoms with Crippen LogP contribution < -0.4 is 14.4 Å². The Bertz CT molecular complexity index is 881. The van der Waals surface area contributed by atoms with Crippen molar-refractivity contribution in [2.75, 3.05) is 30.8 Å². The van der Waals surface area contributed by atoms with Gasteiger partial charge in [0.2, 0.25) is 15.9 Å². The number of hydrogen-bond donors (Lipinski definition) is 1. The van der Waals surface area contributed by atoms with E-state index in [1.54, 1.807) is 24.3 Å². The van der Waals surface area contributed by atoms with Crippen LogP contribution in [0.25, 0.3) is 0 Å². The summed E-state index contributed by atoms with van der Waals surface area (Å²) in [5.74, 6) is 0.187. The fourth-order valence-corrected chi connectivity index (χ4v) is 3.59. The van der Waals surface area contributed by atoms with E-state index in [0.29, 0.717) is 18.0 Å². The van der Waals surface area contributed by atoms with Crippen molar-refractivity contribution >= 4 is 21.6 Å². The van der Waals surface area contributed by atoms with Gasteiger partial charge < -0.3 is 10.1 Å². The lowest BCUT2D eigenvalue weighted by molar-refractivity contribution is -0.119. The van der Waals surface area contributed by atoms with Crippen LogP contribution in [0.2, 0.25) is 0 Å².